The SMILES string of the molecule is CC(C)c1ccc2c(c1)CCc1c(-c3[c-]c4ccccc4c(C(C)C)c3)ncnc1-2.CCC(CC)C(=O)/C=C(\O)C(CC)CC.[Ir]. The molecule has 0 bridgehead atoms. The molecule has 0 fully saturated rings. The molecule has 247 valence electrons. The van der Waals surface area contributed by atoms with Gasteiger partial charge in [-0.2, -0.15) is 0 Å². The Bertz CT molecular complexity index is 1650. The van der Waals surface area contributed by atoms with Gasteiger partial charge in [-0.1, -0.05) is 103 Å². The standard InChI is InChI=1S/C28H27N2.C13H24O2.Ir/c1-17(2)19-9-11-24-21(13-19)10-12-25-27(29-16-30-28(24)25)22-14-20-7-5-6-8-23(20)26(15-22)18(3)4;1-5-10(6-2)12(14)9-13(15)11(7-3)8-4;/h5-9,11,13,15-18H,10,12H2,1-4H3;9-11,14H,5-8H2,1-4H3;/q-1;;/b;12-9-;. The third kappa shape index (κ3) is 8.41. The van der Waals surface area contributed by atoms with Crippen molar-refractivity contribution in [3.05, 3.63) is 95.0 Å². The molecule has 46 heavy (non-hydrogen) atoms. The molecule has 0 amide bonds. The molecule has 4 nitrogen and oxygen atoms in total. The van der Waals surface area contributed by atoms with Gasteiger partial charge >= 0.3 is 0 Å². The molecule has 0 saturated heterocycles. The summed E-state index contributed by atoms with van der Waals surface area (Å²) in [6, 6.07) is 21.3. The van der Waals surface area contributed by atoms with Crippen molar-refractivity contribution in [3.63, 3.8) is 0 Å². The van der Waals surface area contributed by atoms with Crippen LogP contribution in [0.2, 0.25) is 0 Å². The molecule has 5 rings (SSSR count). The minimum absolute atomic E-state index is 0. The molecule has 1 aromatic heterocycles. The van der Waals surface area contributed by atoms with Crippen LogP contribution >= 0.6 is 0 Å². The number of ketones is 1. The monoisotopic (exact) mass is 796 g/mol. The third-order valence-corrected chi connectivity index (χ3v) is 9.41. The van der Waals surface area contributed by atoms with Gasteiger partial charge in [0.15, 0.2) is 5.78 Å². The summed E-state index contributed by atoms with van der Waals surface area (Å²) < 4.78 is 0. The van der Waals surface area contributed by atoms with E-state index in [0.717, 1.165) is 60.9 Å². The normalized spacial score (nSPS) is 12.6. The van der Waals surface area contributed by atoms with Crippen LogP contribution in [0.3, 0.4) is 0 Å². The molecule has 1 heterocycles. The Labute approximate surface area is 290 Å². The summed E-state index contributed by atoms with van der Waals surface area (Å²) in [5, 5.41) is 12.2. The molecule has 0 atom stereocenters. The number of aliphatic hydroxyl groups is 1. The van der Waals surface area contributed by atoms with Crippen molar-refractivity contribution in [1.82, 2.24) is 9.97 Å². The van der Waals surface area contributed by atoms with Crippen molar-refractivity contribution >= 4 is 16.6 Å². The first-order chi connectivity index (χ1) is 21.6. The first kappa shape index (κ1) is 37.3. The smallest absolute Gasteiger partial charge is 0.162 e. The minimum atomic E-state index is 0. The summed E-state index contributed by atoms with van der Waals surface area (Å²) in [5.41, 5.74) is 9.87. The first-order valence-corrected chi connectivity index (χ1v) is 17.0. The summed E-state index contributed by atoms with van der Waals surface area (Å²) in [7, 11) is 0. The molecule has 1 aliphatic rings. The van der Waals surface area contributed by atoms with Gasteiger partial charge in [0.05, 0.1) is 11.5 Å². The molecule has 0 spiro atoms. The molecule has 3 aromatic carbocycles. The number of benzene rings is 3. The maximum absolute atomic E-state index is 11.7. The summed E-state index contributed by atoms with van der Waals surface area (Å²) in [6.07, 6.45) is 8.63. The van der Waals surface area contributed by atoms with E-state index in [1.165, 1.54) is 39.3 Å². The number of aromatic nitrogens is 2. The Morgan fingerprint density at radius 1 is 0.848 bits per heavy atom. The van der Waals surface area contributed by atoms with Crippen LogP contribution in [0.4, 0.5) is 0 Å². The van der Waals surface area contributed by atoms with Crippen LogP contribution in [0.25, 0.3) is 33.3 Å². The number of hydrogen-bond donors (Lipinski definition) is 1. The predicted octanol–water partition coefficient (Wildman–Crippen LogP) is 11.0. The minimum Gasteiger partial charge on any atom is -0.512 e. The first-order valence-electron chi connectivity index (χ1n) is 17.0. The Balaban J connectivity index is 0.000000309. The van der Waals surface area contributed by atoms with Crippen molar-refractivity contribution in [1.29, 1.82) is 0 Å². The third-order valence-electron chi connectivity index (χ3n) is 9.41. The van der Waals surface area contributed by atoms with Gasteiger partial charge in [0.25, 0.3) is 0 Å². The molecule has 0 unspecified atom stereocenters. The molecular formula is C41H51IrN2O2-. The molecule has 1 radical (unpaired) electrons. The van der Waals surface area contributed by atoms with E-state index >= 15 is 0 Å². The van der Waals surface area contributed by atoms with E-state index < -0.39 is 0 Å². The number of rotatable bonds is 10. The summed E-state index contributed by atoms with van der Waals surface area (Å²) in [6.45, 7) is 17.1. The van der Waals surface area contributed by atoms with Gasteiger partial charge < -0.3 is 5.11 Å². The average Bonchev–Trinajstić information content (AvgIpc) is 3.04. The van der Waals surface area contributed by atoms with Gasteiger partial charge in [-0.15, -0.1) is 29.1 Å². The van der Waals surface area contributed by atoms with E-state index in [1.807, 2.05) is 27.7 Å². The average molecular weight is 796 g/mol. The second kappa shape index (κ2) is 17.1. The molecule has 5 heteroatoms. The van der Waals surface area contributed by atoms with Crippen molar-refractivity contribution in [2.24, 2.45) is 11.8 Å². The molecule has 0 aliphatic heterocycles. The zero-order valence-electron chi connectivity index (χ0n) is 28.9. The Morgan fingerprint density at radius 2 is 1.50 bits per heavy atom. The molecule has 1 N–H and O–H groups in total. The van der Waals surface area contributed by atoms with E-state index in [0.29, 0.717) is 11.8 Å². The van der Waals surface area contributed by atoms with Crippen LogP contribution in [-0.2, 0) is 37.7 Å². The molecule has 0 saturated carbocycles. The predicted molar refractivity (Wildman–Crippen MR) is 189 cm³/mol. The van der Waals surface area contributed by atoms with E-state index in [2.05, 4.69) is 82.3 Å². The number of nitrogens with zero attached hydrogens (tertiary/aromatic N) is 2. The molecular weight excluding hydrogens is 745 g/mol. The van der Waals surface area contributed by atoms with E-state index in [1.54, 1.807) is 6.33 Å². The van der Waals surface area contributed by atoms with Gasteiger partial charge in [0.2, 0.25) is 0 Å². The van der Waals surface area contributed by atoms with E-state index in [-0.39, 0.29) is 43.5 Å². The summed E-state index contributed by atoms with van der Waals surface area (Å²) >= 11 is 0. The van der Waals surface area contributed by atoms with Gasteiger partial charge in [-0.25, -0.2) is 4.98 Å². The zero-order valence-corrected chi connectivity index (χ0v) is 31.3. The van der Waals surface area contributed by atoms with Crippen molar-refractivity contribution in [3.8, 4) is 22.5 Å². The van der Waals surface area contributed by atoms with Crippen LogP contribution in [0.15, 0.2) is 66.7 Å². The van der Waals surface area contributed by atoms with Crippen LogP contribution in [0, 0.1) is 17.9 Å². The van der Waals surface area contributed by atoms with Gasteiger partial charge in [-0.3, -0.25) is 9.78 Å². The van der Waals surface area contributed by atoms with Gasteiger partial charge in [0, 0.05) is 49.3 Å². The number of hydrogen-bond acceptors (Lipinski definition) is 4. The van der Waals surface area contributed by atoms with E-state index in [4.69, 9.17) is 9.97 Å². The fraction of sp³-hybridized carbons (Fsp3) is 0.439. The van der Waals surface area contributed by atoms with Gasteiger partial charge in [-0.05, 0) is 67.1 Å². The maximum Gasteiger partial charge on any atom is 0.162 e. The summed E-state index contributed by atoms with van der Waals surface area (Å²) in [4.78, 5) is 21.2. The number of fused-ring (bicyclic) bond motifs is 4. The van der Waals surface area contributed by atoms with Crippen LogP contribution in [-0.4, -0.2) is 20.9 Å². The van der Waals surface area contributed by atoms with Crippen molar-refractivity contribution < 1.29 is 30.0 Å². The molecule has 4 aromatic rings. The van der Waals surface area contributed by atoms with Gasteiger partial charge in [0.1, 0.15) is 6.33 Å². The summed E-state index contributed by atoms with van der Waals surface area (Å²) in [5.74, 6) is 1.53. The number of carbonyl (C=O) groups excluding carboxylic acids is 1. The topological polar surface area (TPSA) is 63.1 Å². The van der Waals surface area contributed by atoms with Crippen LogP contribution in [0.5, 0.6) is 0 Å². The second-order valence-electron chi connectivity index (χ2n) is 13.0. The number of aliphatic hydroxyl groups excluding tert-OH is 1. The maximum atomic E-state index is 11.7. The van der Waals surface area contributed by atoms with Crippen LogP contribution in [0.1, 0.15) is 115 Å². The zero-order chi connectivity index (χ0) is 32.7. The quantitative estimate of drug-likeness (QED) is 0.0986. The number of allylic oxidation sites excluding steroid dienone is 2. The second-order valence-corrected chi connectivity index (χ2v) is 13.0. The fourth-order valence-electron chi connectivity index (χ4n) is 6.43. The number of aryl methyl sites for hydroxylation is 1. The van der Waals surface area contributed by atoms with Crippen LogP contribution < -0.4 is 0 Å². The molecule has 1 aliphatic carbocycles. The fourth-order valence-corrected chi connectivity index (χ4v) is 6.43. The Morgan fingerprint density at radius 3 is 2.13 bits per heavy atom. The number of carbonyl (C=O) groups is 1. The van der Waals surface area contributed by atoms with Crippen molar-refractivity contribution in [2.45, 2.75) is 106 Å². The van der Waals surface area contributed by atoms with Crippen molar-refractivity contribution in [2.75, 3.05) is 0 Å². The Hall–Kier alpha value is -3.14. The largest absolute Gasteiger partial charge is 0.512 e. The Kier molecular flexibility index (Phi) is 13.9. The van der Waals surface area contributed by atoms with E-state index in [9.17, 15) is 9.90 Å².